The number of nitrogens with zero attached hydrogens (tertiary/aromatic N) is 3. The standard InChI is InChI=1S/C15H17N3O3/c1-5-9-20-12-8-6-7-11-14(12)16-17-18(11)10-13(19)21-15(2,3)4/h1,6-8H,9-10H2,2-4H3. The van der Waals surface area contributed by atoms with Gasteiger partial charge in [0.25, 0.3) is 0 Å². The van der Waals surface area contributed by atoms with Crippen molar-refractivity contribution in [1.82, 2.24) is 15.0 Å². The second-order valence-corrected chi connectivity index (χ2v) is 5.45. The Hall–Kier alpha value is -2.55. The predicted molar refractivity (Wildman–Crippen MR) is 77.7 cm³/mol. The fourth-order valence-corrected chi connectivity index (χ4v) is 1.82. The van der Waals surface area contributed by atoms with Gasteiger partial charge in [-0.2, -0.15) is 0 Å². The third-order valence-electron chi connectivity index (χ3n) is 2.52. The number of rotatable bonds is 4. The fraction of sp³-hybridized carbons (Fsp3) is 0.400. The van der Waals surface area contributed by atoms with Gasteiger partial charge in [0, 0.05) is 0 Å². The van der Waals surface area contributed by atoms with E-state index in [1.165, 1.54) is 4.68 Å². The Balaban J connectivity index is 2.23. The van der Waals surface area contributed by atoms with E-state index < -0.39 is 5.60 Å². The normalized spacial score (nSPS) is 11.1. The first kappa shape index (κ1) is 14.9. The average Bonchev–Trinajstić information content (AvgIpc) is 2.78. The summed E-state index contributed by atoms with van der Waals surface area (Å²) in [6, 6.07) is 5.36. The van der Waals surface area contributed by atoms with Crippen molar-refractivity contribution in [2.75, 3.05) is 6.61 Å². The number of carbonyl (C=O) groups is 1. The summed E-state index contributed by atoms with van der Waals surface area (Å²) < 4.78 is 12.1. The van der Waals surface area contributed by atoms with E-state index in [9.17, 15) is 4.79 Å². The molecular formula is C15H17N3O3. The molecule has 1 aromatic carbocycles. The summed E-state index contributed by atoms with van der Waals surface area (Å²) in [5.74, 6) is 2.57. The van der Waals surface area contributed by atoms with Crippen molar-refractivity contribution in [2.45, 2.75) is 32.9 Å². The molecule has 0 aliphatic carbocycles. The number of ether oxygens (including phenoxy) is 2. The maximum Gasteiger partial charge on any atom is 0.328 e. The lowest BCUT2D eigenvalue weighted by Crippen LogP contribution is -2.26. The number of terminal acetylenes is 1. The molecule has 0 saturated heterocycles. The first-order chi connectivity index (χ1) is 9.90. The minimum Gasteiger partial charge on any atom is -0.479 e. The van der Waals surface area contributed by atoms with E-state index in [4.69, 9.17) is 15.9 Å². The van der Waals surface area contributed by atoms with Gasteiger partial charge < -0.3 is 9.47 Å². The molecular weight excluding hydrogens is 270 g/mol. The van der Waals surface area contributed by atoms with Gasteiger partial charge in [0.1, 0.15) is 18.8 Å². The van der Waals surface area contributed by atoms with Gasteiger partial charge in [-0.25, -0.2) is 4.68 Å². The van der Waals surface area contributed by atoms with Crippen LogP contribution in [-0.2, 0) is 16.1 Å². The van der Waals surface area contributed by atoms with Gasteiger partial charge in [-0.05, 0) is 32.9 Å². The van der Waals surface area contributed by atoms with Crippen LogP contribution in [0.1, 0.15) is 20.8 Å². The molecule has 2 rings (SSSR count). The van der Waals surface area contributed by atoms with Crippen LogP contribution >= 0.6 is 0 Å². The van der Waals surface area contributed by atoms with Crippen molar-refractivity contribution in [3.63, 3.8) is 0 Å². The third-order valence-corrected chi connectivity index (χ3v) is 2.52. The fourth-order valence-electron chi connectivity index (χ4n) is 1.82. The highest BCUT2D eigenvalue weighted by Gasteiger charge is 2.18. The zero-order chi connectivity index (χ0) is 15.5. The summed E-state index contributed by atoms with van der Waals surface area (Å²) in [6.07, 6.45) is 5.17. The number of hydrogen-bond acceptors (Lipinski definition) is 5. The molecule has 0 aliphatic rings. The number of aromatic nitrogens is 3. The predicted octanol–water partition coefficient (Wildman–Crippen LogP) is 1.79. The van der Waals surface area contributed by atoms with Crippen molar-refractivity contribution in [3.8, 4) is 18.1 Å². The lowest BCUT2D eigenvalue weighted by molar-refractivity contribution is -0.155. The van der Waals surface area contributed by atoms with Crippen molar-refractivity contribution in [1.29, 1.82) is 0 Å². The molecule has 0 amide bonds. The molecule has 0 aliphatic heterocycles. The molecule has 1 aromatic heterocycles. The van der Waals surface area contributed by atoms with E-state index in [1.54, 1.807) is 12.1 Å². The molecule has 21 heavy (non-hydrogen) atoms. The SMILES string of the molecule is C#CCOc1cccc2c1nnn2CC(=O)OC(C)(C)C. The summed E-state index contributed by atoms with van der Waals surface area (Å²) in [5, 5.41) is 8.00. The van der Waals surface area contributed by atoms with Gasteiger partial charge in [-0.3, -0.25) is 4.79 Å². The van der Waals surface area contributed by atoms with Gasteiger partial charge in [0.2, 0.25) is 0 Å². The van der Waals surface area contributed by atoms with E-state index in [1.807, 2.05) is 26.8 Å². The molecule has 0 N–H and O–H groups in total. The van der Waals surface area contributed by atoms with Crippen LogP contribution in [0.3, 0.4) is 0 Å². The Bertz CT molecular complexity index is 692. The van der Waals surface area contributed by atoms with Crippen LogP contribution < -0.4 is 4.74 Å². The minimum atomic E-state index is -0.533. The number of fused-ring (bicyclic) bond motifs is 1. The Morgan fingerprint density at radius 3 is 2.86 bits per heavy atom. The Kier molecular flexibility index (Phi) is 4.13. The summed E-state index contributed by atoms with van der Waals surface area (Å²) >= 11 is 0. The second-order valence-electron chi connectivity index (χ2n) is 5.45. The van der Waals surface area contributed by atoms with Crippen molar-refractivity contribution < 1.29 is 14.3 Å². The Labute approximate surface area is 123 Å². The van der Waals surface area contributed by atoms with E-state index in [-0.39, 0.29) is 19.1 Å². The highest BCUT2D eigenvalue weighted by atomic mass is 16.6. The molecule has 0 unspecified atom stereocenters. The van der Waals surface area contributed by atoms with Crippen LogP contribution in [0.5, 0.6) is 5.75 Å². The Morgan fingerprint density at radius 1 is 1.43 bits per heavy atom. The smallest absolute Gasteiger partial charge is 0.328 e. The van der Waals surface area contributed by atoms with Crippen molar-refractivity contribution >= 4 is 17.0 Å². The van der Waals surface area contributed by atoms with E-state index >= 15 is 0 Å². The summed E-state index contributed by atoms with van der Waals surface area (Å²) in [5.41, 5.74) is 0.723. The molecule has 0 fully saturated rings. The topological polar surface area (TPSA) is 66.2 Å². The second kappa shape index (κ2) is 5.83. The summed E-state index contributed by atoms with van der Waals surface area (Å²) in [7, 11) is 0. The highest BCUT2D eigenvalue weighted by Crippen LogP contribution is 2.23. The summed E-state index contributed by atoms with van der Waals surface area (Å²) in [4.78, 5) is 11.9. The molecule has 6 heteroatoms. The van der Waals surface area contributed by atoms with Gasteiger partial charge in [0.05, 0.1) is 5.52 Å². The van der Waals surface area contributed by atoms with Crippen LogP contribution in [-0.4, -0.2) is 33.2 Å². The molecule has 0 radical (unpaired) electrons. The number of benzene rings is 1. The van der Waals surface area contributed by atoms with Crippen LogP contribution in [0.25, 0.3) is 11.0 Å². The Morgan fingerprint density at radius 2 is 2.19 bits per heavy atom. The minimum absolute atomic E-state index is 0.00758. The number of esters is 1. The zero-order valence-electron chi connectivity index (χ0n) is 12.3. The quantitative estimate of drug-likeness (QED) is 0.633. The first-order valence-electron chi connectivity index (χ1n) is 6.51. The lowest BCUT2D eigenvalue weighted by atomic mass is 10.2. The highest BCUT2D eigenvalue weighted by molar-refractivity contribution is 5.82. The maximum atomic E-state index is 11.9. The van der Waals surface area contributed by atoms with E-state index in [2.05, 4.69) is 16.2 Å². The molecule has 0 bridgehead atoms. The van der Waals surface area contributed by atoms with Crippen LogP contribution in [0.4, 0.5) is 0 Å². The monoisotopic (exact) mass is 287 g/mol. The van der Waals surface area contributed by atoms with Crippen molar-refractivity contribution in [3.05, 3.63) is 18.2 Å². The molecule has 0 atom stereocenters. The molecule has 0 spiro atoms. The molecule has 110 valence electrons. The van der Waals surface area contributed by atoms with E-state index in [0.29, 0.717) is 16.8 Å². The zero-order valence-corrected chi connectivity index (χ0v) is 12.3. The average molecular weight is 287 g/mol. The molecule has 2 aromatic rings. The van der Waals surface area contributed by atoms with Gasteiger partial charge >= 0.3 is 5.97 Å². The van der Waals surface area contributed by atoms with Crippen molar-refractivity contribution in [2.24, 2.45) is 0 Å². The largest absolute Gasteiger partial charge is 0.479 e. The van der Waals surface area contributed by atoms with Gasteiger partial charge in [0.15, 0.2) is 11.3 Å². The van der Waals surface area contributed by atoms with Gasteiger partial charge in [-0.1, -0.05) is 17.2 Å². The van der Waals surface area contributed by atoms with Crippen LogP contribution in [0.2, 0.25) is 0 Å². The maximum absolute atomic E-state index is 11.9. The summed E-state index contributed by atoms with van der Waals surface area (Å²) in [6.45, 7) is 5.59. The van der Waals surface area contributed by atoms with Gasteiger partial charge in [-0.15, -0.1) is 11.5 Å². The van der Waals surface area contributed by atoms with Crippen LogP contribution in [0.15, 0.2) is 18.2 Å². The molecule has 6 nitrogen and oxygen atoms in total. The number of carbonyl (C=O) groups excluding carboxylic acids is 1. The van der Waals surface area contributed by atoms with E-state index in [0.717, 1.165) is 0 Å². The first-order valence-corrected chi connectivity index (χ1v) is 6.51. The lowest BCUT2D eigenvalue weighted by Gasteiger charge is -2.19. The number of hydrogen-bond donors (Lipinski definition) is 0. The van der Waals surface area contributed by atoms with Crippen LogP contribution in [0, 0.1) is 12.3 Å². The molecule has 0 saturated carbocycles. The third kappa shape index (κ3) is 3.72. The molecule has 1 heterocycles.